The average Bonchev–Trinajstić information content (AvgIpc) is 2.67. The van der Waals surface area contributed by atoms with E-state index in [-0.39, 0.29) is 5.91 Å². The van der Waals surface area contributed by atoms with E-state index < -0.39 is 0 Å². The van der Waals surface area contributed by atoms with Gasteiger partial charge in [0.2, 0.25) is 11.8 Å². The van der Waals surface area contributed by atoms with E-state index in [0.29, 0.717) is 24.7 Å². The summed E-state index contributed by atoms with van der Waals surface area (Å²) in [7, 11) is 0. The van der Waals surface area contributed by atoms with Crippen molar-refractivity contribution in [3.8, 4) is 5.88 Å². The summed E-state index contributed by atoms with van der Waals surface area (Å²) in [5.41, 5.74) is 4.05. The van der Waals surface area contributed by atoms with E-state index in [4.69, 9.17) is 4.74 Å². The largest absolute Gasteiger partial charge is 0.478 e. The third-order valence-corrected chi connectivity index (χ3v) is 5.16. The van der Waals surface area contributed by atoms with Crippen LogP contribution < -0.4 is 10.1 Å². The highest BCUT2D eigenvalue weighted by Crippen LogP contribution is 2.23. The molecule has 0 saturated heterocycles. The summed E-state index contributed by atoms with van der Waals surface area (Å²) in [6.07, 6.45) is 4.56. The summed E-state index contributed by atoms with van der Waals surface area (Å²) in [5.74, 6) is 1.29. The zero-order valence-corrected chi connectivity index (χ0v) is 15.0. The van der Waals surface area contributed by atoms with E-state index in [1.54, 1.807) is 0 Å². The van der Waals surface area contributed by atoms with E-state index in [2.05, 4.69) is 39.5 Å². The highest BCUT2D eigenvalue weighted by molar-refractivity contribution is 5.92. The number of benzene rings is 1. The minimum absolute atomic E-state index is 0.0326. The van der Waals surface area contributed by atoms with Crippen LogP contribution in [0.5, 0.6) is 5.88 Å². The van der Waals surface area contributed by atoms with E-state index in [1.165, 1.54) is 11.1 Å². The van der Waals surface area contributed by atoms with Crippen LogP contribution in [-0.2, 0) is 24.2 Å². The monoisotopic (exact) mass is 351 g/mol. The Morgan fingerprint density at radius 1 is 1.00 bits per heavy atom. The lowest BCUT2D eigenvalue weighted by Crippen LogP contribution is -2.31. The Kier molecular flexibility index (Phi) is 5.16. The Morgan fingerprint density at radius 3 is 2.81 bits per heavy atom. The zero-order chi connectivity index (χ0) is 17.8. The van der Waals surface area contributed by atoms with Crippen molar-refractivity contribution in [1.82, 2.24) is 9.88 Å². The van der Waals surface area contributed by atoms with Crippen LogP contribution >= 0.6 is 0 Å². The highest BCUT2D eigenvalue weighted by Gasteiger charge is 2.17. The topological polar surface area (TPSA) is 54.5 Å². The second kappa shape index (κ2) is 7.87. The molecular formula is C21H25N3O2. The molecule has 0 atom stereocenters. The predicted molar refractivity (Wildman–Crippen MR) is 101 cm³/mol. The number of hydrogen-bond acceptors (Lipinski definition) is 4. The third-order valence-electron chi connectivity index (χ3n) is 5.16. The van der Waals surface area contributed by atoms with Crippen LogP contribution in [-0.4, -0.2) is 35.5 Å². The molecule has 0 aliphatic carbocycles. The van der Waals surface area contributed by atoms with Gasteiger partial charge in [0.1, 0.15) is 5.82 Å². The number of nitrogens with zero attached hydrogens (tertiary/aromatic N) is 2. The van der Waals surface area contributed by atoms with Crippen molar-refractivity contribution in [2.24, 2.45) is 0 Å². The molecular weight excluding hydrogens is 326 g/mol. The minimum Gasteiger partial charge on any atom is -0.478 e. The van der Waals surface area contributed by atoms with Crippen LogP contribution in [0.25, 0.3) is 0 Å². The Bertz CT molecular complexity index is 791. The van der Waals surface area contributed by atoms with Crippen molar-refractivity contribution in [3.63, 3.8) is 0 Å². The first-order valence-electron chi connectivity index (χ1n) is 9.50. The molecule has 1 aromatic carbocycles. The lowest BCUT2D eigenvalue weighted by atomic mass is 10.00. The van der Waals surface area contributed by atoms with Crippen molar-refractivity contribution >= 4 is 11.7 Å². The standard InChI is InChI=1S/C21H25N3O2/c25-19-9-7-17-8-10-20(23-21(17)22-19)26-14-4-3-12-24-13-11-16-5-1-2-6-18(16)15-24/h1-2,5-6,8,10H,3-4,7,9,11-15H2,(H,22,23,25). The molecule has 2 aromatic rings. The van der Waals surface area contributed by atoms with E-state index in [0.717, 1.165) is 50.9 Å². The van der Waals surface area contributed by atoms with E-state index in [1.807, 2.05) is 12.1 Å². The fraction of sp³-hybridized carbons (Fsp3) is 0.429. The Morgan fingerprint density at radius 2 is 1.88 bits per heavy atom. The van der Waals surface area contributed by atoms with Gasteiger partial charge in [-0.2, -0.15) is 4.98 Å². The molecule has 26 heavy (non-hydrogen) atoms. The molecule has 2 aliphatic heterocycles. The Labute approximate surface area is 154 Å². The third kappa shape index (κ3) is 4.05. The molecule has 1 N–H and O–H groups in total. The zero-order valence-electron chi connectivity index (χ0n) is 15.0. The molecule has 0 fully saturated rings. The first-order valence-corrected chi connectivity index (χ1v) is 9.50. The molecule has 5 heteroatoms. The van der Waals surface area contributed by atoms with Crippen LogP contribution in [0.4, 0.5) is 5.82 Å². The molecule has 0 spiro atoms. The number of anilines is 1. The first kappa shape index (κ1) is 17.0. The predicted octanol–water partition coefficient (Wildman–Crippen LogP) is 3.18. The van der Waals surface area contributed by atoms with Crippen LogP contribution in [0.1, 0.15) is 36.0 Å². The lowest BCUT2D eigenvalue weighted by Gasteiger charge is -2.28. The maximum Gasteiger partial charge on any atom is 0.225 e. The molecule has 1 aromatic heterocycles. The summed E-state index contributed by atoms with van der Waals surface area (Å²) >= 11 is 0. The molecule has 136 valence electrons. The number of amides is 1. The van der Waals surface area contributed by atoms with Crippen molar-refractivity contribution in [2.75, 3.05) is 25.0 Å². The SMILES string of the molecule is O=C1CCc2ccc(OCCCCN3CCc4ccccc4C3)nc2N1. The minimum atomic E-state index is 0.0326. The number of aromatic nitrogens is 1. The van der Waals surface area contributed by atoms with Gasteiger partial charge in [-0.05, 0) is 55.0 Å². The van der Waals surface area contributed by atoms with Crippen LogP contribution in [0.15, 0.2) is 36.4 Å². The number of ether oxygens (including phenoxy) is 1. The molecule has 1 amide bonds. The number of carbonyl (C=O) groups excluding carboxylic acids is 1. The van der Waals surface area contributed by atoms with Gasteiger partial charge in [-0.3, -0.25) is 9.69 Å². The van der Waals surface area contributed by atoms with Crippen molar-refractivity contribution in [1.29, 1.82) is 0 Å². The fourth-order valence-corrected chi connectivity index (χ4v) is 3.66. The molecule has 0 radical (unpaired) electrons. The number of unbranched alkanes of at least 4 members (excludes halogenated alkanes) is 1. The number of nitrogens with one attached hydrogen (secondary N) is 1. The van der Waals surface area contributed by atoms with Gasteiger partial charge in [-0.15, -0.1) is 0 Å². The van der Waals surface area contributed by atoms with Gasteiger partial charge >= 0.3 is 0 Å². The quantitative estimate of drug-likeness (QED) is 0.812. The Hall–Kier alpha value is -2.40. The smallest absolute Gasteiger partial charge is 0.225 e. The second-order valence-electron chi connectivity index (χ2n) is 7.06. The maximum absolute atomic E-state index is 11.5. The number of aryl methyl sites for hydroxylation is 1. The van der Waals surface area contributed by atoms with Gasteiger partial charge in [0.25, 0.3) is 0 Å². The Balaban J connectivity index is 1.19. The van der Waals surface area contributed by atoms with Crippen LogP contribution in [0.2, 0.25) is 0 Å². The molecule has 2 aliphatic rings. The lowest BCUT2D eigenvalue weighted by molar-refractivity contribution is -0.116. The van der Waals surface area contributed by atoms with Crippen LogP contribution in [0, 0.1) is 0 Å². The summed E-state index contributed by atoms with van der Waals surface area (Å²) in [4.78, 5) is 18.4. The van der Waals surface area contributed by atoms with Gasteiger partial charge in [0.05, 0.1) is 6.61 Å². The first-order chi connectivity index (χ1) is 12.8. The molecule has 4 rings (SSSR count). The fourth-order valence-electron chi connectivity index (χ4n) is 3.66. The van der Waals surface area contributed by atoms with Crippen molar-refractivity contribution in [3.05, 3.63) is 53.1 Å². The van der Waals surface area contributed by atoms with Crippen molar-refractivity contribution in [2.45, 2.75) is 38.6 Å². The van der Waals surface area contributed by atoms with E-state index in [9.17, 15) is 4.79 Å². The number of pyridine rings is 1. The summed E-state index contributed by atoms with van der Waals surface area (Å²) in [6, 6.07) is 12.6. The molecule has 0 unspecified atom stereocenters. The van der Waals surface area contributed by atoms with Gasteiger partial charge < -0.3 is 10.1 Å². The second-order valence-corrected chi connectivity index (χ2v) is 7.06. The maximum atomic E-state index is 11.5. The molecule has 5 nitrogen and oxygen atoms in total. The number of hydrogen-bond donors (Lipinski definition) is 1. The number of fused-ring (bicyclic) bond motifs is 2. The molecule has 3 heterocycles. The highest BCUT2D eigenvalue weighted by atomic mass is 16.5. The van der Waals surface area contributed by atoms with Gasteiger partial charge in [0.15, 0.2) is 0 Å². The van der Waals surface area contributed by atoms with Gasteiger partial charge in [-0.1, -0.05) is 24.3 Å². The summed E-state index contributed by atoms with van der Waals surface area (Å²) in [6.45, 7) is 3.96. The normalized spacial score (nSPS) is 16.5. The van der Waals surface area contributed by atoms with Crippen molar-refractivity contribution < 1.29 is 9.53 Å². The number of carbonyl (C=O) groups is 1. The van der Waals surface area contributed by atoms with E-state index >= 15 is 0 Å². The molecule has 0 saturated carbocycles. The number of rotatable bonds is 6. The molecule has 0 bridgehead atoms. The summed E-state index contributed by atoms with van der Waals surface area (Å²) in [5, 5.41) is 2.82. The van der Waals surface area contributed by atoms with Crippen LogP contribution in [0.3, 0.4) is 0 Å². The van der Waals surface area contributed by atoms with Gasteiger partial charge in [0, 0.05) is 25.6 Å². The summed E-state index contributed by atoms with van der Waals surface area (Å²) < 4.78 is 5.77. The van der Waals surface area contributed by atoms with Gasteiger partial charge in [-0.25, -0.2) is 0 Å². The average molecular weight is 351 g/mol.